The lowest BCUT2D eigenvalue weighted by molar-refractivity contribution is 0.0710. The molecule has 0 bridgehead atoms. The van der Waals surface area contributed by atoms with Crippen LogP contribution in [0, 0.1) is 0 Å². The molecule has 5 heteroatoms. The molecular formula is C15H18N2O3. The fourth-order valence-electron chi connectivity index (χ4n) is 2.49. The van der Waals surface area contributed by atoms with E-state index in [1.807, 2.05) is 13.8 Å². The number of fused-ring (bicyclic) bond motifs is 1. The highest BCUT2D eigenvalue weighted by Crippen LogP contribution is 2.27. The van der Waals surface area contributed by atoms with Crippen molar-refractivity contribution in [3.63, 3.8) is 0 Å². The first-order chi connectivity index (χ1) is 9.48. The minimum atomic E-state index is -0.352. The van der Waals surface area contributed by atoms with E-state index in [4.69, 9.17) is 14.9 Å². The van der Waals surface area contributed by atoms with E-state index >= 15 is 0 Å². The average Bonchev–Trinajstić information content (AvgIpc) is 2.94. The van der Waals surface area contributed by atoms with Crippen LogP contribution in [0.5, 0.6) is 0 Å². The maximum absolute atomic E-state index is 12.3. The summed E-state index contributed by atoms with van der Waals surface area (Å²) in [6, 6.07) is 7.02. The molecule has 1 aliphatic rings. The molecule has 0 aliphatic carbocycles. The highest BCUT2D eigenvalue weighted by Gasteiger charge is 2.38. The van der Waals surface area contributed by atoms with Crippen LogP contribution in [0.2, 0.25) is 0 Å². The van der Waals surface area contributed by atoms with Gasteiger partial charge in [0.15, 0.2) is 5.76 Å². The monoisotopic (exact) mass is 274 g/mol. The van der Waals surface area contributed by atoms with Gasteiger partial charge in [-0.25, -0.2) is 0 Å². The Kier molecular flexibility index (Phi) is 2.94. The largest absolute Gasteiger partial charge is 0.451 e. The molecular weight excluding hydrogens is 256 g/mol. The lowest BCUT2D eigenvalue weighted by Crippen LogP contribution is -2.50. The van der Waals surface area contributed by atoms with Crippen molar-refractivity contribution in [2.75, 3.05) is 12.3 Å². The summed E-state index contributed by atoms with van der Waals surface area (Å²) in [4.78, 5) is 12.3. The number of nitrogens with one attached hydrogen (secondary N) is 1. The van der Waals surface area contributed by atoms with Gasteiger partial charge in [0.1, 0.15) is 5.58 Å². The summed E-state index contributed by atoms with van der Waals surface area (Å²) in [6.07, 6.45) is 0.791. The lowest BCUT2D eigenvalue weighted by atomic mass is 9.94. The number of anilines is 1. The molecule has 2 unspecified atom stereocenters. The van der Waals surface area contributed by atoms with Crippen molar-refractivity contribution in [3.8, 4) is 0 Å². The second-order valence-corrected chi connectivity index (χ2v) is 5.54. The smallest absolute Gasteiger partial charge is 0.287 e. The van der Waals surface area contributed by atoms with Crippen LogP contribution >= 0.6 is 0 Å². The van der Waals surface area contributed by atoms with Gasteiger partial charge in [-0.15, -0.1) is 0 Å². The molecule has 1 aromatic heterocycles. The van der Waals surface area contributed by atoms with E-state index in [9.17, 15) is 4.79 Å². The van der Waals surface area contributed by atoms with Gasteiger partial charge in [-0.1, -0.05) is 0 Å². The van der Waals surface area contributed by atoms with Gasteiger partial charge < -0.3 is 20.2 Å². The molecule has 106 valence electrons. The van der Waals surface area contributed by atoms with Gasteiger partial charge in [-0.3, -0.25) is 4.79 Å². The molecule has 1 aliphatic heterocycles. The fraction of sp³-hybridized carbons (Fsp3) is 0.400. The Balaban J connectivity index is 1.85. The quantitative estimate of drug-likeness (QED) is 0.824. The zero-order valence-electron chi connectivity index (χ0n) is 11.6. The van der Waals surface area contributed by atoms with Crippen molar-refractivity contribution in [1.82, 2.24) is 5.32 Å². The maximum Gasteiger partial charge on any atom is 0.287 e. The standard InChI is InChI=1S/C15H18N2O3/c1-9-15(2,5-6-19-9)17-14(18)13-8-10-7-11(16)3-4-12(10)20-13/h3-4,7-9H,5-6,16H2,1-2H3,(H,17,18). The van der Waals surface area contributed by atoms with Crippen LogP contribution in [0.25, 0.3) is 11.0 Å². The van der Waals surface area contributed by atoms with Crippen LogP contribution in [0.1, 0.15) is 30.8 Å². The highest BCUT2D eigenvalue weighted by atomic mass is 16.5. The van der Waals surface area contributed by atoms with Gasteiger partial charge in [0, 0.05) is 17.7 Å². The Morgan fingerprint density at radius 2 is 2.25 bits per heavy atom. The van der Waals surface area contributed by atoms with Crippen molar-refractivity contribution in [2.45, 2.75) is 31.9 Å². The number of carbonyl (C=O) groups is 1. The number of hydrogen-bond acceptors (Lipinski definition) is 4. The minimum Gasteiger partial charge on any atom is -0.451 e. The topological polar surface area (TPSA) is 77.5 Å². The average molecular weight is 274 g/mol. The third kappa shape index (κ3) is 2.14. The van der Waals surface area contributed by atoms with E-state index in [-0.39, 0.29) is 17.6 Å². The number of benzene rings is 1. The molecule has 1 saturated heterocycles. The van der Waals surface area contributed by atoms with Gasteiger partial charge in [0.05, 0.1) is 11.6 Å². The molecule has 2 aromatic rings. The van der Waals surface area contributed by atoms with Gasteiger partial charge in [-0.05, 0) is 44.5 Å². The Morgan fingerprint density at radius 1 is 1.45 bits per heavy atom. The Morgan fingerprint density at radius 3 is 2.95 bits per heavy atom. The molecule has 5 nitrogen and oxygen atoms in total. The Labute approximate surface area is 117 Å². The lowest BCUT2D eigenvalue weighted by Gasteiger charge is -2.28. The fourth-order valence-corrected chi connectivity index (χ4v) is 2.49. The van der Waals surface area contributed by atoms with Crippen molar-refractivity contribution in [3.05, 3.63) is 30.0 Å². The second kappa shape index (κ2) is 4.52. The van der Waals surface area contributed by atoms with Crippen molar-refractivity contribution in [1.29, 1.82) is 0 Å². The van der Waals surface area contributed by atoms with Crippen LogP contribution in [0.3, 0.4) is 0 Å². The summed E-state index contributed by atoms with van der Waals surface area (Å²) < 4.78 is 11.1. The van der Waals surface area contributed by atoms with E-state index in [0.717, 1.165) is 11.8 Å². The minimum absolute atomic E-state index is 0.00790. The molecule has 0 saturated carbocycles. The molecule has 0 radical (unpaired) electrons. The van der Waals surface area contributed by atoms with E-state index in [1.54, 1.807) is 24.3 Å². The van der Waals surface area contributed by atoms with Crippen LogP contribution in [0.4, 0.5) is 5.69 Å². The van der Waals surface area contributed by atoms with Crippen molar-refractivity contribution >= 4 is 22.6 Å². The summed E-state index contributed by atoms with van der Waals surface area (Å²) in [6.45, 7) is 4.62. The molecule has 1 aromatic carbocycles. The molecule has 3 rings (SSSR count). The summed E-state index contributed by atoms with van der Waals surface area (Å²) in [5.74, 6) is 0.0746. The van der Waals surface area contributed by atoms with Gasteiger partial charge in [0.25, 0.3) is 5.91 Å². The molecule has 0 spiro atoms. The molecule has 2 atom stereocenters. The third-order valence-electron chi connectivity index (χ3n) is 4.05. The normalized spacial score (nSPS) is 26.0. The Hall–Kier alpha value is -2.01. The Bertz CT molecular complexity index is 664. The SMILES string of the molecule is CC1OCCC1(C)NC(=O)c1cc2cc(N)ccc2o1. The number of nitrogens with two attached hydrogens (primary N) is 1. The van der Waals surface area contributed by atoms with Gasteiger partial charge >= 0.3 is 0 Å². The zero-order chi connectivity index (χ0) is 14.3. The second-order valence-electron chi connectivity index (χ2n) is 5.54. The van der Waals surface area contributed by atoms with Gasteiger partial charge in [0.2, 0.25) is 0 Å². The third-order valence-corrected chi connectivity index (χ3v) is 4.05. The van der Waals surface area contributed by atoms with E-state index in [1.165, 1.54) is 0 Å². The van der Waals surface area contributed by atoms with Crippen molar-refractivity contribution < 1.29 is 13.9 Å². The molecule has 20 heavy (non-hydrogen) atoms. The number of ether oxygens (including phenoxy) is 1. The number of hydrogen-bond donors (Lipinski definition) is 2. The number of rotatable bonds is 2. The molecule has 2 heterocycles. The van der Waals surface area contributed by atoms with E-state index in [2.05, 4.69) is 5.32 Å². The maximum atomic E-state index is 12.3. The number of nitrogen functional groups attached to an aromatic ring is 1. The highest BCUT2D eigenvalue weighted by molar-refractivity contribution is 5.97. The van der Waals surface area contributed by atoms with E-state index < -0.39 is 0 Å². The van der Waals surface area contributed by atoms with E-state index in [0.29, 0.717) is 23.6 Å². The summed E-state index contributed by atoms with van der Waals surface area (Å²) in [5, 5.41) is 3.84. The molecule has 3 N–H and O–H groups in total. The number of amides is 1. The predicted molar refractivity (Wildman–Crippen MR) is 76.5 cm³/mol. The first-order valence-corrected chi connectivity index (χ1v) is 6.71. The molecule has 1 fully saturated rings. The van der Waals surface area contributed by atoms with Crippen molar-refractivity contribution in [2.24, 2.45) is 0 Å². The van der Waals surface area contributed by atoms with Crippen LogP contribution < -0.4 is 11.1 Å². The number of furan rings is 1. The number of carbonyl (C=O) groups excluding carboxylic acids is 1. The summed E-state index contributed by atoms with van der Waals surface area (Å²) in [7, 11) is 0. The first kappa shape index (κ1) is 13.0. The van der Waals surface area contributed by atoms with Crippen LogP contribution in [-0.2, 0) is 4.74 Å². The summed E-state index contributed by atoms with van der Waals surface area (Å²) in [5.41, 5.74) is 6.68. The van der Waals surface area contributed by atoms with Gasteiger partial charge in [-0.2, -0.15) is 0 Å². The predicted octanol–water partition coefficient (Wildman–Crippen LogP) is 2.31. The summed E-state index contributed by atoms with van der Waals surface area (Å²) >= 11 is 0. The molecule has 1 amide bonds. The first-order valence-electron chi connectivity index (χ1n) is 6.71. The van der Waals surface area contributed by atoms with Crippen LogP contribution in [0.15, 0.2) is 28.7 Å². The zero-order valence-corrected chi connectivity index (χ0v) is 11.6. The van der Waals surface area contributed by atoms with Crippen LogP contribution in [-0.4, -0.2) is 24.2 Å².